The quantitative estimate of drug-likeness (QED) is 0.774. The highest BCUT2D eigenvalue weighted by Gasteiger charge is 2.18. The maximum absolute atomic E-state index is 13.7. The molecule has 0 unspecified atom stereocenters. The Morgan fingerprint density at radius 2 is 2.08 bits per heavy atom. The fourth-order valence-corrected chi connectivity index (χ4v) is 2.09. The predicted octanol–water partition coefficient (Wildman–Crippen LogP) is 3.55. The first-order valence-electron chi connectivity index (χ1n) is 7.68. The average molecular weight is 352 g/mol. The van der Waals surface area contributed by atoms with E-state index >= 15 is 0 Å². The van der Waals surface area contributed by atoms with Crippen molar-refractivity contribution in [3.63, 3.8) is 0 Å². The van der Waals surface area contributed by atoms with Gasteiger partial charge in [-0.3, -0.25) is 4.79 Å². The van der Waals surface area contributed by atoms with Crippen LogP contribution >= 0.6 is 0 Å². The molecule has 0 bridgehead atoms. The monoisotopic (exact) mass is 352 g/mol. The van der Waals surface area contributed by atoms with Crippen LogP contribution in [0, 0.1) is 11.6 Å². The number of hydrogen-bond donors (Lipinski definition) is 1. The van der Waals surface area contributed by atoms with Gasteiger partial charge in [0.1, 0.15) is 17.4 Å². The minimum absolute atomic E-state index is 0.0200. The smallest absolute Gasteiger partial charge is 0.322 e. The summed E-state index contributed by atoms with van der Waals surface area (Å²) in [7, 11) is 0. The lowest BCUT2D eigenvalue weighted by Gasteiger charge is -2.22. The first-order chi connectivity index (χ1) is 12.0. The molecule has 134 valence electrons. The number of urea groups is 1. The van der Waals surface area contributed by atoms with Crippen molar-refractivity contribution < 1.29 is 27.5 Å². The number of benzene rings is 1. The summed E-state index contributed by atoms with van der Waals surface area (Å²) in [6.45, 7) is 2.06. The van der Waals surface area contributed by atoms with Crippen molar-refractivity contribution >= 4 is 17.7 Å². The Morgan fingerprint density at radius 1 is 1.28 bits per heavy atom. The van der Waals surface area contributed by atoms with Gasteiger partial charge in [0.05, 0.1) is 31.5 Å². The number of carbonyl (C=O) groups is 2. The molecule has 2 aromatic rings. The molecule has 2 rings (SSSR count). The van der Waals surface area contributed by atoms with Crippen molar-refractivity contribution in [1.29, 1.82) is 0 Å². The molecule has 0 spiro atoms. The molecule has 0 saturated heterocycles. The van der Waals surface area contributed by atoms with Gasteiger partial charge in [-0.1, -0.05) is 0 Å². The number of anilines is 1. The maximum Gasteiger partial charge on any atom is 0.322 e. The van der Waals surface area contributed by atoms with E-state index in [1.54, 1.807) is 19.1 Å². The highest BCUT2D eigenvalue weighted by atomic mass is 19.1. The van der Waals surface area contributed by atoms with Gasteiger partial charge in [0.25, 0.3) is 0 Å². The van der Waals surface area contributed by atoms with E-state index < -0.39 is 23.6 Å². The van der Waals surface area contributed by atoms with Gasteiger partial charge in [-0.15, -0.1) is 0 Å². The first kappa shape index (κ1) is 18.4. The minimum atomic E-state index is -0.892. The zero-order valence-electron chi connectivity index (χ0n) is 13.6. The van der Waals surface area contributed by atoms with Crippen molar-refractivity contribution in [2.45, 2.75) is 19.9 Å². The summed E-state index contributed by atoms with van der Waals surface area (Å²) in [5.74, 6) is -1.59. The molecular weight excluding hydrogens is 334 g/mol. The number of esters is 1. The molecular formula is C17H18F2N2O4. The fraction of sp³-hybridized carbons (Fsp3) is 0.294. The summed E-state index contributed by atoms with van der Waals surface area (Å²) in [6, 6.07) is 5.52. The molecule has 0 saturated carbocycles. The minimum Gasteiger partial charge on any atom is -0.467 e. The van der Waals surface area contributed by atoms with Crippen molar-refractivity contribution in [1.82, 2.24) is 4.90 Å². The van der Waals surface area contributed by atoms with Crippen LogP contribution in [-0.4, -0.2) is 30.1 Å². The highest BCUT2D eigenvalue weighted by molar-refractivity contribution is 5.89. The summed E-state index contributed by atoms with van der Waals surface area (Å²) >= 11 is 0. The third kappa shape index (κ3) is 5.59. The summed E-state index contributed by atoms with van der Waals surface area (Å²) in [5, 5.41) is 2.36. The van der Waals surface area contributed by atoms with Gasteiger partial charge < -0.3 is 19.4 Å². The fourth-order valence-electron chi connectivity index (χ4n) is 2.09. The highest BCUT2D eigenvalue weighted by Crippen LogP contribution is 2.16. The van der Waals surface area contributed by atoms with Crippen molar-refractivity contribution in [3.8, 4) is 0 Å². The number of amides is 2. The number of furan rings is 1. The zero-order chi connectivity index (χ0) is 18.2. The van der Waals surface area contributed by atoms with Crippen molar-refractivity contribution in [2.24, 2.45) is 0 Å². The molecule has 8 heteroatoms. The van der Waals surface area contributed by atoms with E-state index in [4.69, 9.17) is 9.15 Å². The second kappa shape index (κ2) is 8.81. The molecule has 2 amide bonds. The van der Waals surface area contributed by atoms with Gasteiger partial charge in [-0.05, 0) is 31.2 Å². The van der Waals surface area contributed by atoms with Crippen LogP contribution in [0.15, 0.2) is 41.0 Å². The normalized spacial score (nSPS) is 10.4. The summed E-state index contributed by atoms with van der Waals surface area (Å²) in [6.07, 6.45) is 1.43. The van der Waals surface area contributed by atoms with Crippen LogP contribution in [0.25, 0.3) is 0 Å². The molecule has 1 aromatic heterocycles. The Morgan fingerprint density at radius 3 is 2.72 bits per heavy atom. The number of halogens is 2. The van der Waals surface area contributed by atoms with Crippen LogP contribution in [0.1, 0.15) is 19.1 Å². The SMILES string of the molecule is CCOC(=O)CCN(Cc1ccco1)C(=O)Nc1ccc(F)cc1F. The summed E-state index contributed by atoms with van der Waals surface area (Å²) in [4.78, 5) is 25.2. The lowest BCUT2D eigenvalue weighted by molar-refractivity contribution is -0.143. The molecule has 0 aliphatic rings. The third-order valence-corrected chi connectivity index (χ3v) is 3.28. The van der Waals surface area contributed by atoms with Crippen LogP contribution in [-0.2, 0) is 16.1 Å². The number of nitrogens with one attached hydrogen (secondary N) is 1. The van der Waals surface area contributed by atoms with E-state index in [0.29, 0.717) is 11.8 Å². The van der Waals surface area contributed by atoms with E-state index in [1.807, 2.05) is 0 Å². The number of ether oxygens (including phenoxy) is 1. The maximum atomic E-state index is 13.7. The van der Waals surface area contributed by atoms with Crippen LogP contribution in [0.2, 0.25) is 0 Å². The molecule has 1 heterocycles. The predicted molar refractivity (Wildman–Crippen MR) is 85.7 cm³/mol. The van der Waals surface area contributed by atoms with Crippen molar-refractivity contribution in [2.75, 3.05) is 18.5 Å². The lowest BCUT2D eigenvalue weighted by Crippen LogP contribution is -2.36. The van der Waals surface area contributed by atoms with Crippen molar-refractivity contribution in [3.05, 3.63) is 54.0 Å². The lowest BCUT2D eigenvalue weighted by atomic mass is 10.3. The van der Waals surface area contributed by atoms with Crippen LogP contribution in [0.5, 0.6) is 0 Å². The largest absolute Gasteiger partial charge is 0.467 e. The van der Waals surface area contributed by atoms with Crippen LogP contribution in [0.4, 0.5) is 19.3 Å². The molecule has 25 heavy (non-hydrogen) atoms. The molecule has 0 radical (unpaired) electrons. The zero-order valence-corrected chi connectivity index (χ0v) is 13.6. The van der Waals surface area contributed by atoms with Gasteiger partial charge in [0.15, 0.2) is 0 Å². The standard InChI is InChI=1S/C17H18F2N2O4/c1-2-24-16(22)7-8-21(11-13-4-3-9-25-13)17(23)20-15-6-5-12(18)10-14(15)19/h3-6,9-10H,2,7-8,11H2,1H3,(H,20,23). The molecule has 0 fully saturated rings. The number of nitrogens with zero attached hydrogens (tertiary/aromatic N) is 1. The van der Waals surface area contributed by atoms with E-state index in [2.05, 4.69) is 5.32 Å². The third-order valence-electron chi connectivity index (χ3n) is 3.28. The van der Waals surface area contributed by atoms with E-state index in [-0.39, 0.29) is 31.8 Å². The number of carbonyl (C=O) groups excluding carboxylic acids is 2. The number of rotatable bonds is 7. The van der Waals surface area contributed by atoms with Gasteiger partial charge >= 0.3 is 12.0 Å². The molecule has 0 aliphatic heterocycles. The Balaban J connectivity index is 2.06. The second-order valence-electron chi connectivity index (χ2n) is 5.11. The number of hydrogen-bond acceptors (Lipinski definition) is 4. The Bertz CT molecular complexity index is 719. The molecule has 1 N–H and O–H groups in total. The van der Waals surface area contributed by atoms with Gasteiger partial charge in [-0.25, -0.2) is 13.6 Å². The Kier molecular flexibility index (Phi) is 6.50. The van der Waals surface area contributed by atoms with E-state index in [0.717, 1.165) is 12.1 Å². The molecule has 0 atom stereocenters. The summed E-state index contributed by atoms with van der Waals surface area (Å²) < 4.78 is 36.7. The average Bonchev–Trinajstić information content (AvgIpc) is 3.07. The van der Waals surface area contributed by atoms with Gasteiger partial charge in [-0.2, -0.15) is 0 Å². The van der Waals surface area contributed by atoms with Crippen LogP contribution in [0.3, 0.4) is 0 Å². The Hall–Kier alpha value is -2.90. The molecule has 1 aromatic carbocycles. The molecule has 6 nitrogen and oxygen atoms in total. The second-order valence-corrected chi connectivity index (χ2v) is 5.11. The Labute approximate surface area is 143 Å². The summed E-state index contributed by atoms with van der Waals surface area (Å²) in [5.41, 5.74) is -0.160. The van der Waals surface area contributed by atoms with Gasteiger partial charge in [0, 0.05) is 12.6 Å². The van der Waals surface area contributed by atoms with E-state index in [9.17, 15) is 18.4 Å². The molecule has 0 aliphatic carbocycles. The van der Waals surface area contributed by atoms with Crippen LogP contribution < -0.4 is 5.32 Å². The topological polar surface area (TPSA) is 71.8 Å². The van der Waals surface area contributed by atoms with Gasteiger partial charge in [0.2, 0.25) is 0 Å². The first-order valence-corrected chi connectivity index (χ1v) is 7.68. The van der Waals surface area contributed by atoms with E-state index in [1.165, 1.54) is 11.2 Å².